The van der Waals surface area contributed by atoms with Gasteiger partial charge in [-0.3, -0.25) is 4.79 Å². The lowest BCUT2D eigenvalue weighted by Gasteiger charge is -2.18. The second-order valence-corrected chi connectivity index (χ2v) is 7.84. The Kier molecular flexibility index (Phi) is 6.59. The average molecular weight is 417 g/mol. The lowest BCUT2D eigenvalue weighted by molar-refractivity contribution is -0.115. The molecule has 1 heterocycles. The van der Waals surface area contributed by atoms with Crippen LogP contribution in [-0.2, 0) is 4.79 Å². The van der Waals surface area contributed by atoms with Gasteiger partial charge in [0.1, 0.15) is 17.3 Å². The second-order valence-electron chi connectivity index (χ2n) is 6.36. The predicted molar refractivity (Wildman–Crippen MR) is 112 cm³/mol. The van der Waals surface area contributed by atoms with Crippen LogP contribution in [0.25, 0.3) is 0 Å². The van der Waals surface area contributed by atoms with E-state index < -0.39 is 5.25 Å². The first-order valence-corrected chi connectivity index (χ1v) is 10.0. The van der Waals surface area contributed by atoms with Crippen LogP contribution in [-0.4, -0.2) is 27.8 Å². The van der Waals surface area contributed by atoms with Gasteiger partial charge in [-0.2, -0.15) is 0 Å². The molecule has 3 aromatic rings. The summed E-state index contributed by atoms with van der Waals surface area (Å²) < 4.78 is 7.10. The van der Waals surface area contributed by atoms with Crippen LogP contribution < -0.4 is 10.1 Å². The minimum atomic E-state index is -0.497. The summed E-state index contributed by atoms with van der Waals surface area (Å²) in [6.07, 6.45) is 1.68. The molecule has 0 fully saturated rings. The Balaban J connectivity index is 1.87. The van der Waals surface area contributed by atoms with Crippen molar-refractivity contribution in [2.45, 2.75) is 30.3 Å². The molecule has 1 aromatic heterocycles. The van der Waals surface area contributed by atoms with Crippen LogP contribution in [0.2, 0.25) is 5.02 Å². The zero-order valence-corrected chi connectivity index (χ0v) is 17.4. The largest absolute Gasteiger partial charge is 0.495 e. The van der Waals surface area contributed by atoms with Gasteiger partial charge in [-0.25, -0.2) is 0 Å². The predicted octanol–water partition coefficient (Wildman–Crippen LogP) is 4.99. The SMILES string of the molecule is COc1ccc(NC(=O)[C@@H](Sc2nncn2C(C)C)c2ccccc2)cc1Cl. The van der Waals surface area contributed by atoms with Gasteiger partial charge in [0.15, 0.2) is 5.16 Å². The van der Waals surface area contributed by atoms with E-state index in [0.717, 1.165) is 5.56 Å². The Morgan fingerprint density at radius 2 is 1.96 bits per heavy atom. The first kappa shape index (κ1) is 20.2. The molecule has 8 heteroatoms. The Morgan fingerprint density at radius 1 is 1.21 bits per heavy atom. The Labute approximate surface area is 173 Å². The number of halogens is 1. The van der Waals surface area contributed by atoms with Crippen molar-refractivity contribution in [1.29, 1.82) is 0 Å². The number of anilines is 1. The third-order valence-corrected chi connectivity index (χ3v) is 5.60. The number of hydrogen-bond donors (Lipinski definition) is 1. The molecule has 0 saturated carbocycles. The summed E-state index contributed by atoms with van der Waals surface area (Å²) in [7, 11) is 1.55. The van der Waals surface area contributed by atoms with Crippen molar-refractivity contribution in [2.24, 2.45) is 0 Å². The Bertz CT molecular complexity index is 946. The van der Waals surface area contributed by atoms with E-state index in [1.165, 1.54) is 11.8 Å². The minimum Gasteiger partial charge on any atom is -0.495 e. The number of carbonyl (C=O) groups excluding carboxylic acids is 1. The summed E-state index contributed by atoms with van der Waals surface area (Å²) in [6.45, 7) is 4.09. The van der Waals surface area contributed by atoms with Gasteiger partial charge in [0.05, 0.1) is 12.1 Å². The smallest absolute Gasteiger partial charge is 0.242 e. The first-order chi connectivity index (χ1) is 13.5. The summed E-state index contributed by atoms with van der Waals surface area (Å²) in [6, 6.07) is 14.9. The number of benzene rings is 2. The van der Waals surface area contributed by atoms with Crippen molar-refractivity contribution in [3.8, 4) is 5.75 Å². The van der Waals surface area contributed by atoms with Crippen molar-refractivity contribution < 1.29 is 9.53 Å². The quantitative estimate of drug-likeness (QED) is 0.549. The van der Waals surface area contributed by atoms with E-state index in [0.29, 0.717) is 21.6 Å². The number of methoxy groups -OCH3 is 1. The number of hydrogen-bond acceptors (Lipinski definition) is 5. The highest BCUT2D eigenvalue weighted by Crippen LogP contribution is 2.36. The van der Waals surface area contributed by atoms with Gasteiger partial charge in [-0.05, 0) is 37.6 Å². The molecule has 0 bridgehead atoms. The molecular weight excluding hydrogens is 396 g/mol. The molecule has 0 aliphatic rings. The number of nitrogens with one attached hydrogen (secondary N) is 1. The summed E-state index contributed by atoms with van der Waals surface area (Å²) in [5, 5.41) is 11.7. The maximum Gasteiger partial charge on any atom is 0.242 e. The van der Waals surface area contributed by atoms with E-state index in [2.05, 4.69) is 15.5 Å². The van der Waals surface area contributed by atoms with E-state index in [1.54, 1.807) is 31.6 Å². The van der Waals surface area contributed by atoms with E-state index >= 15 is 0 Å². The number of thioether (sulfide) groups is 1. The van der Waals surface area contributed by atoms with Crippen molar-refractivity contribution in [3.63, 3.8) is 0 Å². The molecule has 1 N–H and O–H groups in total. The fourth-order valence-corrected chi connectivity index (χ4v) is 4.03. The second kappa shape index (κ2) is 9.12. The third kappa shape index (κ3) is 4.66. The molecule has 1 atom stereocenters. The van der Waals surface area contributed by atoms with Crippen LogP contribution in [0.15, 0.2) is 60.0 Å². The standard InChI is InChI=1S/C20H21ClN4O2S/c1-13(2)25-12-22-24-20(25)28-18(14-7-5-4-6-8-14)19(26)23-15-9-10-17(27-3)16(21)11-15/h4-13,18H,1-3H3,(H,23,26)/t18-/m0/s1. The zero-order chi connectivity index (χ0) is 20.1. The maximum atomic E-state index is 13.1. The van der Waals surface area contributed by atoms with E-state index in [9.17, 15) is 4.79 Å². The van der Waals surface area contributed by atoms with Gasteiger partial charge >= 0.3 is 0 Å². The molecule has 2 aromatic carbocycles. The van der Waals surface area contributed by atoms with Gasteiger partial charge in [0.2, 0.25) is 5.91 Å². The molecule has 0 aliphatic heterocycles. The fourth-order valence-electron chi connectivity index (χ4n) is 2.63. The lowest BCUT2D eigenvalue weighted by Crippen LogP contribution is -2.19. The van der Waals surface area contributed by atoms with E-state index in [4.69, 9.17) is 16.3 Å². The monoisotopic (exact) mass is 416 g/mol. The molecule has 0 unspecified atom stereocenters. The molecule has 28 heavy (non-hydrogen) atoms. The van der Waals surface area contributed by atoms with Crippen molar-refractivity contribution >= 4 is 35.0 Å². The summed E-state index contributed by atoms with van der Waals surface area (Å²) in [5.41, 5.74) is 1.48. The molecule has 3 rings (SSSR count). The van der Waals surface area contributed by atoms with Crippen molar-refractivity contribution in [2.75, 3.05) is 12.4 Å². The molecular formula is C20H21ClN4O2S. The van der Waals surface area contributed by atoms with Gasteiger partial charge in [-0.1, -0.05) is 53.7 Å². The summed E-state index contributed by atoms with van der Waals surface area (Å²) in [4.78, 5) is 13.1. The number of nitrogens with zero attached hydrogens (tertiary/aromatic N) is 3. The van der Waals surface area contributed by atoms with Crippen molar-refractivity contribution in [1.82, 2.24) is 14.8 Å². The lowest BCUT2D eigenvalue weighted by atomic mass is 10.1. The summed E-state index contributed by atoms with van der Waals surface area (Å²) in [5.74, 6) is 0.384. The first-order valence-electron chi connectivity index (χ1n) is 8.75. The molecule has 0 saturated heterocycles. The van der Waals surface area contributed by atoms with E-state index in [-0.39, 0.29) is 11.9 Å². The van der Waals surface area contributed by atoms with Gasteiger partial charge in [0.25, 0.3) is 0 Å². The molecule has 0 aliphatic carbocycles. The molecule has 0 spiro atoms. The van der Waals surface area contributed by atoms with Crippen LogP contribution in [0.4, 0.5) is 5.69 Å². The molecule has 146 valence electrons. The van der Waals surface area contributed by atoms with Crippen LogP contribution in [0.5, 0.6) is 5.75 Å². The van der Waals surface area contributed by atoms with E-state index in [1.807, 2.05) is 48.7 Å². The molecule has 0 radical (unpaired) electrons. The van der Waals surface area contributed by atoms with Gasteiger partial charge < -0.3 is 14.6 Å². The highest BCUT2D eigenvalue weighted by Gasteiger charge is 2.25. The Hall–Kier alpha value is -2.51. The highest BCUT2D eigenvalue weighted by molar-refractivity contribution is 8.00. The minimum absolute atomic E-state index is 0.171. The highest BCUT2D eigenvalue weighted by atomic mass is 35.5. The summed E-state index contributed by atoms with van der Waals surface area (Å²) >= 11 is 7.54. The van der Waals surface area contributed by atoms with Crippen LogP contribution in [0, 0.1) is 0 Å². The van der Waals surface area contributed by atoms with Crippen LogP contribution >= 0.6 is 23.4 Å². The molecule has 6 nitrogen and oxygen atoms in total. The fraction of sp³-hybridized carbons (Fsp3) is 0.250. The molecule has 1 amide bonds. The Morgan fingerprint density at radius 3 is 2.61 bits per heavy atom. The zero-order valence-electron chi connectivity index (χ0n) is 15.8. The van der Waals surface area contributed by atoms with Crippen LogP contribution in [0.3, 0.4) is 0 Å². The van der Waals surface area contributed by atoms with Crippen LogP contribution in [0.1, 0.15) is 30.7 Å². The van der Waals surface area contributed by atoms with Crippen molar-refractivity contribution in [3.05, 3.63) is 65.4 Å². The third-order valence-electron chi connectivity index (χ3n) is 4.08. The van der Waals surface area contributed by atoms with Gasteiger partial charge in [0, 0.05) is 11.7 Å². The number of rotatable bonds is 7. The number of aromatic nitrogens is 3. The number of ether oxygens (including phenoxy) is 1. The number of carbonyl (C=O) groups is 1. The normalized spacial score (nSPS) is 12.0. The average Bonchev–Trinajstić information content (AvgIpc) is 3.15. The topological polar surface area (TPSA) is 69.0 Å². The maximum absolute atomic E-state index is 13.1. The number of amides is 1. The van der Waals surface area contributed by atoms with Gasteiger partial charge in [-0.15, -0.1) is 10.2 Å².